The zero-order valence-corrected chi connectivity index (χ0v) is 15.9. The second kappa shape index (κ2) is 6.59. The molecule has 26 heavy (non-hydrogen) atoms. The Morgan fingerprint density at radius 1 is 1.12 bits per heavy atom. The van der Waals surface area contributed by atoms with E-state index in [1.165, 1.54) is 36.9 Å². The number of carbonyl (C=O) groups excluding carboxylic acids is 1. The minimum atomic E-state index is 0.318. The molecule has 0 aromatic carbocycles. The lowest BCUT2D eigenvalue weighted by Gasteiger charge is -2.33. The predicted molar refractivity (Wildman–Crippen MR) is 99.6 cm³/mol. The van der Waals surface area contributed by atoms with Crippen LogP contribution in [0.5, 0.6) is 0 Å². The third-order valence-corrected chi connectivity index (χ3v) is 7.18. The number of nitrogens with zero attached hydrogens (tertiary/aromatic N) is 4. The number of rotatable bonds is 2. The lowest BCUT2D eigenvalue weighted by molar-refractivity contribution is -0.134. The molecule has 2 aliphatic heterocycles. The number of hydrogen-bond donors (Lipinski definition) is 0. The highest BCUT2D eigenvalue weighted by Gasteiger charge is 2.56. The summed E-state index contributed by atoms with van der Waals surface area (Å²) < 4.78 is 0. The van der Waals surface area contributed by atoms with E-state index in [0.29, 0.717) is 29.6 Å². The summed E-state index contributed by atoms with van der Waals surface area (Å²) in [6.45, 7) is 3.78. The van der Waals surface area contributed by atoms with E-state index in [1.54, 1.807) is 0 Å². The van der Waals surface area contributed by atoms with Crippen molar-refractivity contribution in [1.82, 2.24) is 19.8 Å². The lowest BCUT2D eigenvalue weighted by atomic mass is 9.96. The summed E-state index contributed by atoms with van der Waals surface area (Å²) in [6, 6.07) is 0. The van der Waals surface area contributed by atoms with E-state index in [2.05, 4.69) is 16.8 Å². The first-order valence-corrected chi connectivity index (χ1v) is 10.5. The fourth-order valence-corrected chi connectivity index (χ4v) is 5.63. The van der Waals surface area contributed by atoms with Crippen molar-refractivity contribution in [2.45, 2.75) is 57.4 Å². The van der Waals surface area contributed by atoms with E-state index in [1.807, 2.05) is 6.20 Å². The second-order valence-corrected chi connectivity index (χ2v) is 8.95. The van der Waals surface area contributed by atoms with Crippen LogP contribution >= 0.6 is 0 Å². The molecule has 1 unspecified atom stereocenters. The van der Waals surface area contributed by atoms with Gasteiger partial charge in [0.1, 0.15) is 5.82 Å². The smallest absolute Gasteiger partial charge is 0.226 e. The molecule has 3 heterocycles. The summed E-state index contributed by atoms with van der Waals surface area (Å²) >= 11 is 0. The molecule has 5 heteroatoms. The summed E-state index contributed by atoms with van der Waals surface area (Å²) in [5.74, 6) is 3.47. The highest BCUT2D eigenvalue weighted by Crippen LogP contribution is 2.56. The molecule has 0 radical (unpaired) electrons. The lowest BCUT2D eigenvalue weighted by Crippen LogP contribution is -2.41. The van der Waals surface area contributed by atoms with Gasteiger partial charge in [-0.05, 0) is 44.6 Å². The molecule has 0 N–H and O–H groups in total. The van der Waals surface area contributed by atoms with Crippen LogP contribution in [-0.4, -0.2) is 52.4 Å². The van der Waals surface area contributed by atoms with Gasteiger partial charge >= 0.3 is 0 Å². The summed E-state index contributed by atoms with van der Waals surface area (Å²) in [5.41, 5.74) is 2.50. The van der Waals surface area contributed by atoms with Gasteiger partial charge in [-0.3, -0.25) is 4.79 Å². The maximum atomic E-state index is 13.1. The highest BCUT2D eigenvalue weighted by molar-refractivity contribution is 5.82. The van der Waals surface area contributed by atoms with Crippen LogP contribution in [-0.2, 0) is 17.8 Å². The van der Waals surface area contributed by atoms with Gasteiger partial charge < -0.3 is 9.80 Å². The topological polar surface area (TPSA) is 49.3 Å². The predicted octanol–water partition coefficient (Wildman–Crippen LogP) is 2.61. The number of carbonyl (C=O) groups is 1. The maximum Gasteiger partial charge on any atom is 0.226 e. The third-order valence-electron chi connectivity index (χ3n) is 7.18. The number of hydrogen-bond acceptors (Lipinski definition) is 4. The van der Waals surface area contributed by atoms with Gasteiger partial charge in [-0.1, -0.05) is 12.8 Å². The van der Waals surface area contributed by atoms with E-state index in [0.717, 1.165) is 51.3 Å². The second-order valence-electron chi connectivity index (χ2n) is 8.95. The van der Waals surface area contributed by atoms with Crippen LogP contribution in [0.2, 0.25) is 0 Å². The number of fused-ring (bicyclic) bond motifs is 2. The molecule has 2 saturated carbocycles. The van der Waals surface area contributed by atoms with E-state index in [9.17, 15) is 4.79 Å². The Bertz CT molecular complexity index is 693. The third kappa shape index (κ3) is 2.94. The number of amides is 1. The van der Waals surface area contributed by atoms with Crippen molar-refractivity contribution >= 4 is 5.91 Å². The Hall–Kier alpha value is -1.49. The highest BCUT2D eigenvalue weighted by atomic mass is 16.2. The van der Waals surface area contributed by atoms with E-state index >= 15 is 0 Å². The van der Waals surface area contributed by atoms with Crippen LogP contribution in [0.4, 0.5) is 0 Å². The Morgan fingerprint density at radius 2 is 1.92 bits per heavy atom. The number of aromatic nitrogens is 2. The molecule has 0 bridgehead atoms. The minimum absolute atomic E-state index is 0.318. The van der Waals surface area contributed by atoms with Gasteiger partial charge in [0.25, 0.3) is 0 Å². The summed E-state index contributed by atoms with van der Waals surface area (Å²) in [6.07, 6.45) is 10.5. The number of likely N-dealkylation sites (N-methyl/N-ethyl adjacent to an activating group) is 1. The number of piperidine rings is 1. The van der Waals surface area contributed by atoms with Crippen molar-refractivity contribution in [2.75, 3.05) is 26.7 Å². The molecule has 5 nitrogen and oxygen atoms in total. The van der Waals surface area contributed by atoms with Crippen molar-refractivity contribution in [1.29, 1.82) is 0 Å². The molecule has 4 atom stereocenters. The average molecular weight is 354 g/mol. The molecule has 3 fully saturated rings. The largest absolute Gasteiger partial charge is 0.342 e. The van der Waals surface area contributed by atoms with Crippen LogP contribution in [0.15, 0.2) is 6.20 Å². The van der Waals surface area contributed by atoms with Gasteiger partial charge in [0.2, 0.25) is 5.91 Å². The Labute approximate surface area is 156 Å². The van der Waals surface area contributed by atoms with Crippen molar-refractivity contribution in [3.63, 3.8) is 0 Å². The van der Waals surface area contributed by atoms with Crippen molar-refractivity contribution < 1.29 is 4.79 Å². The Balaban J connectivity index is 1.28. The molecule has 2 aliphatic carbocycles. The van der Waals surface area contributed by atoms with Gasteiger partial charge in [0, 0.05) is 61.9 Å². The first-order chi connectivity index (χ1) is 12.7. The molecular weight excluding hydrogens is 324 g/mol. The average Bonchev–Trinajstić information content (AvgIpc) is 3.41. The standard InChI is InChI=1S/C21H30N4O/c1-24-10-8-18-15(12-24)11-22-20(23-18)14-5-4-9-25(13-14)21(26)19-16-6-2-3-7-17(16)19/h11,14,16-17,19H,2-10,12-13H2,1H3/t14-,16-,17+,19?/m1/s1. The summed E-state index contributed by atoms with van der Waals surface area (Å²) in [4.78, 5) is 27.1. The number of likely N-dealkylation sites (tertiary alicyclic amines) is 1. The zero-order valence-electron chi connectivity index (χ0n) is 15.9. The Kier molecular flexibility index (Phi) is 4.23. The molecule has 140 valence electrons. The monoisotopic (exact) mass is 354 g/mol. The van der Waals surface area contributed by atoms with Gasteiger partial charge in [-0.2, -0.15) is 0 Å². The minimum Gasteiger partial charge on any atom is -0.342 e. The molecule has 1 aromatic heterocycles. The first kappa shape index (κ1) is 16.7. The zero-order chi connectivity index (χ0) is 17.7. The van der Waals surface area contributed by atoms with E-state index < -0.39 is 0 Å². The van der Waals surface area contributed by atoms with E-state index in [-0.39, 0.29) is 0 Å². The molecule has 4 aliphatic rings. The van der Waals surface area contributed by atoms with Crippen molar-refractivity contribution in [3.8, 4) is 0 Å². The maximum absolute atomic E-state index is 13.1. The molecule has 1 amide bonds. The molecule has 0 spiro atoms. The molecule has 1 saturated heterocycles. The van der Waals surface area contributed by atoms with Crippen LogP contribution in [0, 0.1) is 17.8 Å². The SMILES string of the molecule is CN1CCc2nc([C@@H]3CCCN(C(=O)C4[C@H]5CCCC[C@@H]45)C3)ncc2C1. The van der Waals surface area contributed by atoms with Crippen LogP contribution < -0.4 is 0 Å². The summed E-state index contributed by atoms with van der Waals surface area (Å²) in [7, 11) is 2.15. The van der Waals surface area contributed by atoms with Gasteiger partial charge in [0.05, 0.1) is 0 Å². The Morgan fingerprint density at radius 3 is 2.73 bits per heavy atom. The molecule has 1 aromatic rings. The van der Waals surface area contributed by atoms with Crippen LogP contribution in [0.25, 0.3) is 0 Å². The molecular formula is C21H30N4O. The van der Waals surface area contributed by atoms with E-state index in [4.69, 9.17) is 9.97 Å². The van der Waals surface area contributed by atoms with Crippen molar-refractivity contribution in [2.24, 2.45) is 17.8 Å². The van der Waals surface area contributed by atoms with Crippen LogP contribution in [0.1, 0.15) is 61.5 Å². The quantitative estimate of drug-likeness (QED) is 0.819. The normalized spacial score (nSPS) is 34.1. The molecule has 5 rings (SSSR count). The summed E-state index contributed by atoms with van der Waals surface area (Å²) in [5, 5.41) is 0. The van der Waals surface area contributed by atoms with Gasteiger partial charge in [-0.15, -0.1) is 0 Å². The fraction of sp³-hybridized carbons (Fsp3) is 0.762. The van der Waals surface area contributed by atoms with Gasteiger partial charge in [-0.25, -0.2) is 9.97 Å². The van der Waals surface area contributed by atoms with Crippen molar-refractivity contribution in [3.05, 3.63) is 23.3 Å². The fourth-order valence-electron chi connectivity index (χ4n) is 5.63. The van der Waals surface area contributed by atoms with Crippen LogP contribution in [0.3, 0.4) is 0 Å². The first-order valence-electron chi connectivity index (χ1n) is 10.5. The van der Waals surface area contributed by atoms with Gasteiger partial charge in [0.15, 0.2) is 0 Å².